The zero-order chi connectivity index (χ0) is 17.7. The van der Waals surface area contributed by atoms with Crippen LogP contribution in [0.3, 0.4) is 0 Å². The van der Waals surface area contributed by atoms with Crippen LogP contribution in [0.15, 0.2) is 18.2 Å². The summed E-state index contributed by atoms with van der Waals surface area (Å²) in [6.45, 7) is 0.0760. The lowest BCUT2D eigenvalue weighted by Gasteiger charge is -2.30. The van der Waals surface area contributed by atoms with Crippen LogP contribution >= 0.6 is 0 Å². The van der Waals surface area contributed by atoms with Crippen LogP contribution < -0.4 is 10.6 Å². The first kappa shape index (κ1) is 17.6. The van der Waals surface area contributed by atoms with Crippen molar-refractivity contribution in [3.63, 3.8) is 0 Å². The van der Waals surface area contributed by atoms with Crippen molar-refractivity contribution in [2.45, 2.75) is 18.9 Å². The Bertz CT molecular complexity index is 674. The number of amides is 3. The van der Waals surface area contributed by atoms with Crippen molar-refractivity contribution < 1.29 is 24.3 Å². The maximum Gasteiger partial charge on any atom is 0.257 e. The zero-order valence-electron chi connectivity index (χ0n) is 13.2. The number of benzene rings is 1. The number of piperidine rings is 1. The number of hydrogen-bond acceptors (Lipinski definition) is 6. The summed E-state index contributed by atoms with van der Waals surface area (Å²) >= 11 is 0. The maximum absolute atomic E-state index is 12.8. The molecule has 1 saturated heterocycles. The summed E-state index contributed by atoms with van der Waals surface area (Å²) in [5, 5.41) is 14.0. The first-order valence-electron chi connectivity index (χ1n) is 7.53. The maximum atomic E-state index is 12.8. The van der Waals surface area contributed by atoms with Gasteiger partial charge in [0, 0.05) is 31.3 Å². The summed E-state index contributed by atoms with van der Waals surface area (Å²) in [4.78, 5) is 48.5. The first-order chi connectivity index (χ1) is 11.5. The van der Waals surface area contributed by atoms with Crippen molar-refractivity contribution in [3.05, 3.63) is 29.3 Å². The fourth-order valence-electron chi connectivity index (χ4n) is 2.61. The molecule has 0 aromatic heterocycles. The van der Waals surface area contributed by atoms with Gasteiger partial charge in [0.05, 0.1) is 12.2 Å². The lowest BCUT2D eigenvalue weighted by atomic mass is 10.0. The van der Waals surface area contributed by atoms with E-state index in [4.69, 9.17) is 5.11 Å². The number of carbonyl (C=O) groups is 4. The van der Waals surface area contributed by atoms with Gasteiger partial charge in [-0.25, -0.2) is 0 Å². The summed E-state index contributed by atoms with van der Waals surface area (Å²) in [5.41, 5.74) is 0.716. The Morgan fingerprint density at radius 2 is 2.21 bits per heavy atom. The van der Waals surface area contributed by atoms with Crippen LogP contribution in [0.5, 0.6) is 0 Å². The molecule has 1 fully saturated rings. The number of nitrogens with one attached hydrogen (secondary N) is 2. The summed E-state index contributed by atoms with van der Waals surface area (Å²) in [5.74, 6) is -1.40. The third kappa shape index (κ3) is 3.60. The highest BCUT2D eigenvalue weighted by atomic mass is 16.3. The molecule has 1 heterocycles. The standard InChI is InChI=1S/C16H19N3O5/c1-19(12-5-6-13(22)18-15(12)23)16(24)14-10(9-21)3-2-4-11(14)17-7-8-20/h2-4,9,12,17,20H,5-8H2,1H3,(H,18,22,23). The van der Waals surface area contributed by atoms with Gasteiger partial charge in [-0.2, -0.15) is 0 Å². The topological polar surface area (TPSA) is 116 Å². The van der Waals surface area contributed by atoms with E-state index < -0.39 is 17.9 Å². The van der Waals surface area contributed by atoms with E-state index in [1.54, 1.807) is 12.1 Å². The highest BCUT2D eigenvalue weighted by Gasteiger charge is 2.33. The zero-order valence-corrected chi connectivity index (χ0v) is 13.2. The van der Waals surface area contributed by atoms with Crippen LogP contribution in [0.4, 0.5) is 5.69 Å². The van der Waals surface area contributed by atoms with E-state index in [9.17, 15) is 19.2 Å². The number of nitrogens with zero attached hydrogens (tertiary/aromatic N) is 1. The molecule has 0 saturated carbocycles. The highest BCUT2D eigenvalue weighted by Crippen LogP contribution is 2.23. The number of hydrogen-bond donors (Lipinski definition) is 3. The van der Waals surface area contributed by atoms with Gasteiger partial charge in [-0.05, 0) is 12.5 Å². The summed E-state index contributed by atoms with van der Waals surface area (Å²) in [7, 11) is 1.46. The van der Waals surface area contributed by atoms with E-state index in [0.717, 1.165) is 0 Å². The predicted octanol–water partition coefficient (Wildman–Crippen LogP) is -0.219. The monoisotopic (exact) mass is 333 g/mol. The van der Waals surface area contributed by atoms with Gasteiger partial charge in [0.25, 0.3) is 5.91 Å². The van der Waals surface area contributed by atoms with Crippen LogP contribution in [0.25, 0.3) is 0 Å². The Hall–Kier alpha value is -2.74. The lowest BCUT2D eigenvalue weighted by molar-refractivity contribution is -0.136. The van der Waals surface area contributed by atoms with Crippen molar-refractivity contribution in [2.24, 2.45) is 0 Å². The van der Waals surface area contributed by atoms with E-state index in [2.05, 4.69) is 10.6 Å². The molecule has 0 radical (unpaired) electrons. The minimum Gasteiger partial charge on any atom is -0.395 e. The van der Waals surface area contributed by atoms with Crippen molar-refractivity contribution in [1.29, 1.82) is 0 Å². The Labute approximate surface area is 138 Å². The number of aliphatic hydroxyl groups excluding tert-OH is 1. The number of likely N-dealkylation sites (N-methyl/N-ethyl adjacent to an activating group) is 1. The third-order valence-electron chi connectivity index (χ3n) is 3.86. The minimum absolute atomic E-state index is 0.133. The van der Waals surface area contributed by atoms with Crippen molar-refractivity contribution in [2.75, 3.05) is 25.5 Å². The minimum atomic E-state index is -0.777. The average molecular weight is 333 g/mol. The molecule has 0 spiro atoms. The normalized spacial score (nSPS) is 17.2. The molecule has 1 aliphatic heterocycles. The van der Waals surface area contributed by atoms with Gasteiger partial charge in [-0.15, -0.1) is 0 Å². The number of aliphatic hydroxyl groups is 1. The second-order valence-electron chi connectivity index (χ2n) is 5.42. The molecule has 8 nitrogen and oxygen atoms in total. The van der Waals surface area contributed by atoms with Gasteiger partial charge in [0.15, 0.2) is 6.29 Å². The molecule has 2 rings (SSSR count). The first-order valence-corrected chi connectivity index (χ1v) is 7.53. The second-order valence-corrected chi connectivity index (χ2v) is 5.42. The fraction of sp³-hybridized carbons (Fsp3) is 0.375. The molecule has 8 heteroatoms. The Morgan fingerprint density at radius 3 is 2.83 bits per heavy atom. The highest BCUT2D eigenvalue weighted by molar-refractivity contribution is 6.08. The molecule has 128 valence electrons. The van der Waals surface area contributed by atoms with Gasteiger partial charge in [-0.1, -0.05) is 12.1 Å². The molecule has 3 amide bonds. The molecule has 1 atom stereocenters. The van der Waals surface area contributed by atoms with Crippen LogP contribution in [-0.4, -0.2) is 60.3 Å². The van der Waals surface area contributed by atoms with Crippen LogP contribution in [0.1, 0.15) is 33.6 Å². The Kier molecular flexibility index (Phi) is 5.64. The fourth-order valence-corrected chi connectivity index (χ4v) is 2.61. The average Bonchev–Trinajstić information content (AvgIpc) is 2.58. The van der Waals surface area contributed by atoms with E-state index in [1.165, 1.54) is 18.0 Å². The van der Waals surface area contributed by atoms with Crippen molar-refractivity contribution in [3.8, 4) is 0 Å². The molecule has 24 heavy (non-hydrogen) atoms. The Morgan fingerprint density at radius 1 is 1.46 bits per heavy atom. The van der Waals surface area contributed by atoms with E-state index in [1.807, 2.05) is 0 Å². The molecule has 3 N–H and O–H groups in total. The molecular formula is C16H19N3O5. The van der Waals surface area contributed by atoms with Gasteiger partial charge >= 0.3 is 0 Å². The summed E-state index contributed by atoms with van der Waals surface area (Å²) in [6, 6.07) is 3.96. The number of carbonyl (C=O) groups excluding carboxylic acids is 4. The molecule has 1 unspecified atom stereocenters. The Balaban J connectivity index is 2.32. The van der Waals surface area contributed by atoms with Gasteiger partial charge in [-0.3, -0.25) is 24.5 Å². The van der Waals surface area contributed by atoms with Gasteiger partial charge in [0.1, 0.15) is 6.04 Å². The predicted molar refractivity (Wildman–Crippen MR) is 85.7 cm³/mol. The van der Waals surface area contributed by atoms with E-state index >= 15 is 0 Å². The van der Waals surface area contributed by atoms with Gasteiger partial charge in [0.2, 0.25) is 11.8 Å². The molecule has 1 aromatic carbocycles. The smallest absolute Gasteiger partial charge is 0.257 e. The van der Waals surface area contributed by atoms with Crippen LogP contribution in [0, 0.1) is 0 Å². The number of anilines is 1. The number of aldehydes is 1. The third-order valence-corrected chi connectivity index (χ3v) is 3.86. The van der Waals surface area contributed by atoms with Crippen LogP contribution in [0.2, 0.25) is 0 Å². The summed E-state index contributed by atoms with van der Waals surface area (Å²) < 4.78 is 0. The quantitative estimate of drug-likeness (QED) is 0.490. The molecule has 0 bridgehead atoms. The van der Waals surface area contributed by atoms with Crippen LogP contribution in [-0.2, 0) is 9.59 Å². The van der Waals surface area contributed by atoms with E-state index in [0.29, 0.717) is 12.0 Å². The molecular weight excluding hydrogens is 314 g/mol. The number of rotatable bonds is 6. The summed E-state index contributed by atoms with van der Waals surface area (Å²) in [6.07, 6.45) is 0.949. The number of imide groups is 1. The lowest BCUT2D eigenvalue weighted by Crippen LogP contribution is -2.53. The van der Waals surface area contributed by atoms with Crippen molar-refractivity contribution >= 4 is 29.7 Å². The molecule has 0 aliphatic carbocycles. The van der Waals surface area contributed by atoms with Gasteiger partial charge < -0.3 is 15.3 Å². The largest absolute Gasteiger partial charge is 0.395 e. The molecule has 1 aliphatic rings. The SMILES string of the molecule is CN(C(=O)c1c(C=O)cccc1NCCO)C1CCC(=O)NC1=O. The van der Waals surface area contributed by atoms with Crippen molar-refractivity contribution in [1.82, 2.24) is 10.2 Å². The molecule has 1 aromatic rings. The van der Waals surface area contributed by atoms with E-state index in [-0.39, 0.29) is 43.0 Å². The second kappa shape index (κ2) is 7.69.